The van der Waals surface area contributed by atoms with Crippen LogP contribution in [0, 0.1) is 0 Å². The second-order valence-corrected chi connectivity index (χ2v) is 5.88. The van der Waals surface area contributed by atoms with E-state index < -0.39 is 6.10 Å². The molecule has 1 atom stereocenters. The van der Waals surface area contributed by atoms with Crippen LogP contribution in [0.15, 0.2) is 54.6 Å². The van der Waals surface area contributed by atoms with E-state index in [4.69, 9.17) is 0 Å². The first-order valence-corrected chi connectivity index (χ1v) is 7.47. The Labute approximate surface area is 125 Å². The van der Waals surface area contributed by atoms with Crippen LogP contribution in [0.3, 0.4) is 0 Å². The van der Waals surface area contributed by atoms with Crippen LogP contribution in [-0.4, -0.2) is 17.7 Å². The fourth-order valence-corrected chi connectivity index (χ4v) is 2.63. The Kier molecular flexibility index (Phi) is 3.91. The molecule has 2 heteroatoms. The zero-order valence-corrected chi connectivity index (χ0v) is 12.5. The standard InChI is InChI=1S/C19H21NO/c1-13(2)20-12-19(21)17-8-7-16-9-14-5-3-4-6-15(14)10-18(16)11-17/h3-11,13,19-21H,12H2,1-2H3/t19-/m1/s1. The second-order valence-electron chi connectivity index (χ2n) is 5.88. The van der Waals surface area contributed by atoms with Crippen molar-refractivity contribution in [3.63, 3.8) is 0 Å². The number of hydrogen-bond acceptors (Lipinski definition) is 2. The molecule has 0 saturated heterocycles. The third kappa shape index (κ3) is 3.07. The third-order valence-corrected chi connectivity index (χ3v) is 3.83. The molecular formula is C19H21NO. The summed E-state index contributed by atoms with van der Waals surface area (Å²) in [6, 6.07) is 19.3. The van der Waals surface area contributed by atoms with Gasteiger partial charge in [-0.2, -0.15) is 0 Å². The van der Waals surface area contributed by atoms with Gasteiger partial charge in [0.15, 0.2) is 0 Å². The highest BCUT2D eigenvalue weighted by atomic mass is 16.3. The molecule has 2 nitrogen and oxygen atoms in total. The van der Waals surface area contributed by atoms with Crippen LogP contribution < -0.4 is 5.32 Å². The highest BCUT2D eigenvalue weighted by Gasteiger charge is 2.09. The summed E-state index contributed by atoms with van der Waals surface area (Å²) in [4.78, 5) is 0. The van der Waals surface area contributed by atoms with Gasteiger partial charge in [-0.05, 0) is 45.3 Å². The summed E-state index contributed by atoms with van der Waals surface area (Å²) in [5.74, 6) is 0. The molecule has 0 fully saturated rings. The van der Waals surface area contributed by atoms with E-state index in [0.29, 0.717) is 12.6 Å². The minimum atomic E-state index is -0.469. The molecule has 0 aliphatic heterocycles. The molecule has 2 N–H and O–H groups in total. The molecule has 0 heterocycles. The molecule has 0 aromatic heterocycles. The van der Waals surface area contributed by atoms with Crippen molar-refractivity contribution in [3.8, 4) is 0 Å². The molecule has 3 rings (SSSR count). The largest absolute Gasteiger partial charge is 0.387 e. The van der Waals surface area contributed by atoms with E-state index in [2.05, 4.69) is 67.7 Å². The fourth-order valence-electron chi connectivity index (χ4n) is 2.63. The lowest BCUT2D eigenvalue weighted by atomic mass is 10.00. The second kappa shape index (κ2) is 5.84. The summed E-state index contributed by atoms with van der Waals surface area (Å²) in [6.07, 6.45) is -0.469. The minimum Gasteiger partial charge on any atom is -0.387 e. The number of rotatable bonds is 4. The van der Waals surface area contributed by atoms with Gasteiger partial charge in [0.2, 0.25) is 0 Å². The number of nitrogens with one attached hydrogen (secondary N) is 1. The molecule has 0 radical (unpaired) electrons. The first-order valence-electron chi connectivity index (χ1n) is 7.47. The van der Waals surface area contributed by atoms with Crippen LogP contribution in [0.1, 0.15) is 25.5 Å². The van der Waals surface area contributed by atoms with Gasteiger partial charge in [-0.1, -0.05) is 50.2 Å². The lowest BCUT2D eigenvalue weighted by molar-refractivity contribution is 0.172. The van der Waals surface area contributed by atoms with Gasteiger partial charge in [-0.25, -0.2) is 0 Å². The third-order valence-electron chi connectivity index (χ3n) is 3.83. The molecule has 3 aromatic rings. The average Bonchev–Trinajstić information content (AvgIpc) is 2.50. The smallest absolute Gasteiger partial charge is 0.0914 e. The first kappa shape index (κ1) is 14.1. The minimum absolute atomic E-state index is 0.379. The van der Waals surface area contributed by atoms with Crippen molar-refractivity contribution < 1.29 is 5.11 Å². The van der Waals surface area contributed by atoms with E-state index in [-0.39, 0.29) is 0 Å². The summed E-state index contributed by atoms with van der Waals surface area (Å²) < 4.78 is 0. The van der Waals surface area contributed by atoms with Crippen molar-refractivity contribution in [2.45, 2.75) is 26.0 Å². The lowest BCUT2D eigenvalue weighted by Crippen LogP contribution is -2.27. The molecule has 0 aliphatic rings. The quantitative estimate of drug-likeness (QED) is 0.707. The van der Waals surface area contributed by atoms with Gasteiger partial charge in [0, 0.05) is 12.6 Å². The van der Waals surface area contributed by atoms with E-state index in [0.717, 1.165) is 5.56 Å². The van der Waals surface area contributed by atoms with E-state index in [1.54, 1.807) is 0 Å². The van der Waals surface area contributed by atoms with E-state index >= 15 is 0 Å². The molecule has 0 aliphatic carbocycles. The Bertz CT molecular complexity index is 764. The Balaban J connectivity index is 1.97. The summed E-state index contributed by atoms with van der Waals surface area (Å²) in [7, 11) is 0. The number of aliphatic hydroxyl groups excluding tert-OH is 1. The predicted octanol–water partition coefficient (Wildman–Crippen LogP) is 4.02. The van der Waals surface area contributed by atoms with Crippen molar-refractivity contribution in [2.24, 2.45) is 0 Å². The van der Waals surface area contributed by atoms with Crippen molar-refractivity contribution in [1.29, 1.82) is 0 Å². The molecule has 0 saturated carbocycles. The fraction of sp³-hybridized carbons (Fsp3) is 0.263. The van der Waals surface area contributed by atoms with Gasteiger partial charge in [0.1, 0.15) is 0 Å². The Morgan fingerprint density at radius 3 is 2.14 bits per heavy atom. The average molecular weight is 279 g/mol. The molecule has 108 valence electrons. The molecule has 0 spiro atoms. The summed E-state index contributed by atoms with van der Waals surface area (Å²) in [5, 5.41) is 18.4. The number of benzene rings is 3. The van der Waals surface area contributed by atoms with Crippen LogP contribution >= 0.6 is 0 Å². The van der Waals surface area contributed by atoms with Crippen LogP contribution in [0.2, 0.25) is 0 Å². The van der Waals surface area contributed by atoms with Gasteiger partial charge in [-0.3, -0.25) is 0 Å². The first-order chi connectivity index (χ1) is 10.1. The predicted molar refractivity (Wildman–Crippen MR) is 89.6 cm³/mol. The van der Waals surface area contributed by atoms with Crippen molar-refractivity contribution in [1.82, 2.24) is 5.32 Å². The van der Waals surface area contributed by atoms with E-state index in [1.807, 2.05) is 6.07 Å². The van der Waals surface area contributed by atoms with Crippen molar-refractivity contribution in [3.05, 3.63) is 60.2 Å². The van der Waals surface area contributed by atoms with Gasteiger partial charge < -0.3 is 10.4 Å². The van der Waals surface area contributed by atoms with Crippen LogP contribution in [0.25, 0.3) is 21.5 Å². The topological polar surface area (TPSA) is 32.3 Å². The van der Waals surface area contributed by atoms with Gasteiger partial charge in [0.25, 0.3) is 0 Å². The van der Waals surface area contributed by atoms with E-state index in [9.17, 15) is 5.11 Å². The molecule has 21 heavy (non-hydrogen) atoms. The highest BCUT2D eigenvalue weighted by Crippen LogP contribution is 2.25. The van der Waals surface area contributed by atoms with Crippen LogP contribution in [-0.2, 0) is 0 Å². The van der Waals surface area contributed by atoms with Crippen LogP contribution in [0.4, 0.5) is 0 Å². The Morgan fingerprint density at radius 1 is 0.857 bits per heavy atom. The summed E-state index contributed by atoms with van der Waals surface area (Å²) in [6.45, 7) is 4.75. The molecule has 3 aromatic carbocycles. The van der Waals surface area contributed by atoms with Crippen LogP contribution in [0.5, 0.6) is 0 Å². The van der Waals surface area contributed by atoms with Crippen molar-refractivity contribution in [2.75, 3.05) is 6.54 Å². The zero-order valence-electron chi connectivity index (χ0n) is 12.5. The summed E-state index contributed by atoms with van der Waals surface area (Å²) >= 11 is 0. The number of fused-ring (bicyclic) bond motifs is 2. The highest BCUT2D eigenvalue weighted by molar-refractivity contribution is 5.98. The van der Waals surface area contributed by atoms with Crippen molar-refractivity contribution >= 4 is 21.5 Å². The molecular weight excluding hydrogens is 258 g/mol. The molecule has 0 bridgehead atoms. The molecule has 0 unspecified atom stereocenters. The lowest BCUT2D eigenvalue weighted by Gasteiger charge is -2.15. The Hall–Kier alpha value is -1.90. The van der Waals surface area contributed by atoms with E-state index in [1.165, 1.54) is 21.5 Å². The normalized spacial score (nSPS) is 13.1. The summed E-state index contributed by atoms with van der Waals surface area (Å²) in [5.41, 5.74) is 0.964. The van der Waals surface area contributed by atoms with Gasteiger partial charge in [-0.15, -0.1) is 0 Å². The maximum Gasteiger partial charge on any atom is 0.0914 e. The Morgan fingerprint density at radius 2 is 1.48 bits per heavy atom. The number of hydrogen-bond donors (Lipinski definition) is 2. The van der Waals surface area contributed by atoms with Gasteiger partial charge in [0.05, 0.1) is 6.10 Å². The maximum atomic E-state index is 10.3. The molecule has 0 amide bonds. The maximum absolute atomic E-state index is 10.3. The monoisotopic (exact) mass is 279 g/mol. The zero-order chi connectivity index (χ0) is 14.8. The van der Waals surface area contributed by atoms with Gasteiger partial charge >= 0.3 is 0 Å². The SMILES string of the molecule is CC(C)NC[C@@H](O)c1ccc2cc3ccccc3cc2c1. The number of aliphatic hydroxyl groups is 1.